The number of hydrogen-bond acceptors (Lipinski definition) is 3. The molecule has 1 amide bonds. The van der Waals surface area contributed by atoms with Crippen molar-refractivity contribution in [3.63, 3.8) is 0 Å². The number of carbonyl (C=O) groups is 1. The Morgan fingerprint density at radius 1 is 1.12 bits per heavy atom. The summed E-state index contributed by atoms with van der Waals surface area (Å²) in [5.74, 6) is 1.21. The molecule has 2 aromatic rings. The summed E-state index contributed by atoms with van der Waals surface area (Å²) in [6, 6.07) is 9.76. The van der Waals surface area contributed by atoms with Crippen LogP contribution in [0.5, 0.6) is 11.5 Å². The largest absolute Gasteiger partial charge is 0.486 e. The van der Waals surface area contributed by atoms with Crippen molar-refractivity contribution in [1.29, 1.82) is 0 Å². The highest BCUT2D eigenvalue weighted by molar-refractivity contribution is 9.10. The van der Waals surface area contributed by atoms with Gasteiger partial charge < -0.3 is 14.4 Å². The first-order valence-electron chi connectivity index (χ1n) is 8.38. The molecule has 0 unspecified atom stereocenters. The van der Waals surface area contributed by atoms with Gasteiger partial charge in [0, 0.05) is 17.3 Å². The van der Waals surface area contributed by atoms with Crippen molar-refractivity contribution < 1.29 is 14.3 Å². The third-order valence-electron chi connectivity index (χ3n) is 4.20. The van der Waals surface area contributed by atoms with Gasteiger partial charge in [-0.3, -0.25) is 4.79 Å². The number of fused-ring (bicyclic) bond motifs is 1. The number of nitrogens with zero attached hydrogens (tertiary/aromatic N) is 1. The zero-order chi connectivity index (χ0) is 18.1. The van der Waals surface area contributed by atoms with Crippen LogP contribution in [0.3, 0.4) is 0 Å². The number of ether oxygens (including phenoxy) is 2. The monoisotopic (exact) mass is 403 g/mol. The van der Waals surface area contributed by atoms with Crippen LogP contribution in [0.2, 0.25) is 0 Å². The Kier molecular flexibility index (Phi) is 5.04. The minimum atomic E-state index is -0.0543. The van der Waals surface area contributed by atoms with Crippen molar-refractivity contribution >= 4 is 27.5 Å². The van der Waals surface area contributed by atoms with E-state index in [0.717, 1.165) is 21.3 Å². The Balaban J connectivity index is 2.05. The molecule has 25 heavy (non-hydrogen) atoms. The second-order valence-electron chi connectivity index (χ2n) is 6.54. The van der Waals surface area contributed by atoms with Crippen molar-refractivity contribution in [2.45, 2.75) is 33.7 Å². The van der Waals surface area contributed by atoms with E-state index in [1.54, 1.807) is 12.1 Å². The number of halogens is 1. The van der Waals surface area contributed by atoms with E-state index in [4.69, 9.17) is 9.47 Å². The van der Waals surface area contributed by atoms with Crippen molar-refractivity contribution in [2.24, 2.45) is 0 Å². The van der Waals surface area contributed by atoms with Crippen molar-refractivity contribution in [2.75, 3.05) is 18.1 Å². The van der Waals surface area contributed by atoms with Crippen molar-refractivity contribution in [1.82, 2.24) is 0 Å². The first kappa shape index (κ1) is 17.8. The Bertz CT molecular complexity index is 817. The summed E-state index contributed by atoms with van der Waals surface area (Å²) in [6.45, 7) is 9.10. The van der Waals surface area contributed by atoms with Crippen LogP contribution in [0.15, 0.2) is 34.8 Å². The lowest BCUT2D eigenvalue weighted by Crippen LogP contribution is -2.37. The average molecular weight is 404 g/mol. The molecule has 3 rings (SSSR count). The standard InChI is InChI=1S/C20H22BrNO3/c1-12(2)22(17-9-13(3)5-6-14(17)4)20(23)15-10-16(21)19-18(11-15)24-7-8-25-19/h5-6,9-12H,7-8H2,1-4H3. The first-order chi connectivity index (χ1) is 11.9. The molecule has 1 aliphatic rings. The number of rotatable bonds is 3. The second-order valence-corrected chi connectivity index (χ2v) is 7.40. The maximum atomic E-state index is 13.3. The molecule has 0 bridgehead atoms. The van der Waals surface area contributed by atoms with Gasteiger partial charge in [-0.2, -0.15) is 0 Å². The molecule has 0 aromatic heterocycles. The van der Waals surface area contributed by atoms with E-state index in [-0.39, 0.29) is 11.9 Å². The SMILES string of the molecule is Cc1ccc(C)c(N(C(=O)c2cc(Br)c3c(c2)OCCO3)C(C)C)c1. The van der Waals surface area contributed by atoms with Crippen LogP contribution in [0, 0.1) is 13.8 Å². The van der Waals surface area contributed by atoms with E-state index < -0.39 is 0 Å². The molecule has 5 heteroatoms. The van der Waals surface area contributed by atoms with E-state index in [1.807, 2.05) is 38.7 Å². The fraction of sp³-hybridized carbons (Fsp3) is 0.350. The zero-order valence-corrected chi connectivity index (χ0v) is 16.5. The first-order valence-corrected chi connectivity index (χ1v) is 9.17. The molecular formula is C20H22BrNO3. The lowest BCUT2D eigenvalue weighted by atomic mass is 10.1. The van der Waals surface area contributed by atoms with Gasteiger partial charge in [-0.1, -0.05) is 12.1 Å². The quantitative estimate of drug-likeness (QED) is 0.731. The van der Waals surface area contributed by atoms with E-state index in [2.05, 4.69) is 28.1 Å². The molecule has 0 saturated carbocycles. The van der Waals surface area contributed by atoms with Gasteiger partial charge in [-0.25, -0.2) is 0 Å². The van der Waals surface area contributed by atoms with Gasteiger partial charge in [0.2, 0.25) is 0 Å². The van der Waals surface area contributed by atoms with Crippen LogP contribution >= 0.6 is 15.9 Å². The third-order valence-corrected chi connectivity index (χ3v) is 4.79. The highest BCUT2D eigenvalue weighted by atomic mass is 79.9. The number of amides is 1. The van der Waals surface area contributed by atoms with Crippen LogP contribution in [-0.2, 0) is 0 Å². The fourth-order valence-corrected chi connectivity index (χ4v) is 3.53. The van der Waals surface area contributed by atoms with E-state index in [0.29, 0.717) is 30.3 Å². The van der Waals surface area contributed by atoms with Crippen molar-refractivity contribution in [3.05, 3.63) is 51.5 Å². The maximum absolute atomic E-state index is 13.3. The smallest absolute Gasteiger partial charge is 0.258 e. The molecule has 2 aromatic carbocycles. The minimum absolute atomic E-state index is 0.0278. The van der Waals surface area contributed by atoms with E-state index in [9.17, 15) is 4.79 Å². The van der Waals surface area contributed by atoms with Crippen LogP contribution in [0.4, 0.5) is 5.69 Å². The van der Waals surface area contributed by atoms with Crippen LogP contribution in [0.25, 0.3) is 0 Å². The predicted molar refractivity (Wildman–Crippen MR) is 103 cm³/mol. The van der Waals surface area contributed by atoms with Crippen LogP contribution in [-0.4, -0.2) is 25.2 Å². The number of hydrogen-bond donors (Lipinski definition) is 0. The number of aryl methyl sites for hydroxylation is 2. The molecule has 0 spiro atoms. The van der Waals surface area contributed by atoms with Gasteiger partial charge in [-0.05, 0) is 73.0 Å². The second kappa shape index (κ2) is 7.08. The lowest BCUT2D eigenvalue weighted by Gasteiger charge is -2.29. The molecule has 0 fully saturated rings. The summed E-state index contributed by atoms with van der Waals surface area (Å²) in [7, 11) is 0. The molecule has 1 heterocycles. The zero-order valence-electron chi connectivity index (χ0n) is 14.9. The summed E-state index contributed by atoms with van der Waals surface area (Å²) < 4.78 is 12.0. The van der Waals surface area contributed by atoms with Crippen molar-refractivity contribution in [3.8, 4) is 11.5 Å². The molecule has 0 atom stereocenters. The molecule has 0 saturated heterocycles. The third kappa shape index (κ3) is 3.52. The predicted octanol–water partition coefficient (Wildman–Crippen LogP) is 4.89. The van der Waals surface area contributed by atoms with E-state index >= 15 is 0 Å². The summed E-state index contributed by atoms with van der Waals surface area (Å²) >= 11 is 3.49. The topological polar surface area (TPSA) is 38.8 Å². The molecule has 1 aliphatic heterocycles. The fourth-order valence-electron chi connectivity index (χ4n) is 2.97. The normalized spacial score (nSPS) is 13.0. The van der Waals surface area contributed by atoms with Gasteiger partial charge in [-0.15, -0.1) is 0 Å². The summed E-state index contributed by atoms with van der Waals surface area (Å²) in [4.78, 5) is 15.1. The number of anilines is 1. The molecule has 0 N–H and O–H groups in total. The maximum Gasteiger partial charge on any atom is 0.258 e. The average Bonchev–Trinajstić information content (AvgIpc) is 2.57. The van der Waals surface area contributed by atoms with Crippen LogP contribution < -0.4 is 14.4 Å². The van der Waals surface area contributed by atoms with Gasteiger partial charge >= 0.3 is 0 Å². The summed E-state index contributed by atoms with van der Waals surface area (Å²) in [6.07, 6.45) is 0. The van der Waals surface area contributed by atoms with Gasteiger partial charge in [0.05, 0.1) is 4.47 Å². The Morgan fingerprint density at radius 3 is 2.56 bits per heavy atom. The highest BCUT2D eigenvalue weighted by Crippen LogP contribution is 2.39. The Labute approximate surface area is 156 Å². The molecule has 0 radical (unpaired) electrons. The minimum Gasteiger partial charge on any atom is -0.486 e. The van der Waals surface area contributed by atoms with E-state index in [1.165, 1.54) is 0 Å². The van der Waals surface area contributed by atoms with Gasteiger partial charge in [0.15, 0.2) is 11.5 Å². The Morgan fingerprint density at radius 2 is 1.84 bits per heavy atom. The molecule has 132 valence electrons. The number of carbonyl (C=O) groups excluding carboxylic acids is 1. The van der Waals surface area contributed by atoms with Crippen LogP contribution in [0.1, 0.15) is 35.3 Å². The number of benzene rings is 2. The molecular weight excluding hydrogens is 382 g/mol. The lowest BCUT2D eigenvalue weighted by molar-refractivity contribution is 0.0978. The van der Waals surface area contributed by atoms with Gasteiger partial charge in [0.25, 0.3) is 5.91 Å². The Hall–Kier alpha value is -2.01. The van der Waals surface area contributed by atoms with Gasteiger partial charge in [0.1, 0.15) is 13.2 Å². The highest BCUT2D eigenvalue weighted by Gasteiger charge is 2.25. The molecule has 4 nitrogen and oxygen atoms in total. The summed E-state index contributed by atoms with van der Waals surface area (Å²) in [5.41, 5.74) is 3.71. The summed E-state index contributed by atoms with van der Waals surface area (Å²) in [5, 5.41) is 0. The molecule has 0 aliphatic carbocycles.